The van der Waals surface area contributed by atoms with Gasteiger partial charge in [-0.25, -0.2) is 0 Å². The molecule has 118 valence electrons. The number of ether oxygens (including phenoxy) is 1. The van der Waals surface area contributed by atoms with E-state index in [0.29, 0.717) is 19.1 Å². The zero-order valence-corrected chi connectivity index (χ0v) is 13.5. The highest BCUT2D eigenvalue weighted by Crippen LogP contribution is 2.29. The highest BCUT2D eigenvalue weighted by molar-refractivity contribution is 5.85. The smallest absolute Gasteiger partial charge is 0.221 e. The lowest BCUT2D eigenvalue weighted by molar-refractivity contribution is -0.123. The van der Waals surface area contributed by atoms with E-state index in [2.05, 4.69) is 24.5 Å². The first kappa shape index (κ1) is 17.7. The Kier molecular flexibility index (Phi) is 7.85. The Morgan fingerprint density at radius 1 is 1.40 bits per heavy atom. The molecule has 1 saturated heterocycles. The summed E-state index contributed by atoms with van der Waals surface area (Å²) < 4.78 is 5.38. The maximum absolute atomic E-state index is 12.0. The molecule has 0 radical (unpaired) electrons. The minimum atomic E-state index is 0. The van der Waals surface area contributed by atoms with Crippen molar-refractivity contribution in [3.05, 3.63) is 0 Å². The normalized spacial score (nSPS) is 30.6. The van der Waals surface area contributed by atoms with Crippen LogP contribution in [0, 0.1) is 11.8 Å². The second-order valence-electron chi connectivity index (χ2n) is 6.37. The molecule has 0 spiro atoms. The highest BCUT2D eigenvalue weighted by Gasteiger charge is 2.26. The van der Waals surface area contributed by atoms with Crippen molar-refractivity contribution in [3.63, 3.8) is 0 Å². The minimum Gasteiger partial charge on any atom is -0.378 e. The molecular formula is C15H29ClN2O2. The molecule has 1 aliphatic carbocycles. The molecule has 5 heteroatoms. The van der Waals surface area contributed by atoms with Crippen molar-refractivity contribution in [1.82, 2.24) is 10.6 Å². The molecule has 4 nitrogen and oxygen atoms in total. The van der Waals surface area contributed by atoms with Gasteiger partial charge in [0.15, 0.2) is 0 Å². The SMILES string of the molecule is CC(C)C1CCCC(NC(=O)CC2COCCN2)C1.Cl. The Balaban J connectivity index is 0.00000200. The van der Waals surface area contributed by atoms with Gasteiger partial charge in [-0.2, -0.15) is 0 Å². The summed E-state index contributed by atoms with van der Waals surface area (Å²) in [6.45, 7) is 6.86. The van der Waals surface area contributed by atoms with E-state index in [1.807, 2.05) is 0 Å². The van der Waals surface area contributed by atoms with Crippen LogP contribution >= 0.6 is 12.4 Å². The van der Waals surface area contributed by atoms with Crippen molar-refractivity contribution < 1.29 is 9.53 Å². The molecule has 1 saturated carbocycles. The fourth-order valence-electron chi connectivity index (χ4n) is 3.23. The Morgan fingerprint density at radius 3 is 2.85 bits per heavy atom. The van der Waals surface area contributed by atoms with Crippen molar-refractivity contribution >= 4 is 18.3 Å². The lowest BCUT2D eigenvalue weighted by Crippen LogP contribution is -2.46. The van der Waals surface area contributed by atoms with Crippen LogP contribution in [-0.2, 0) is 9.53 Å². The van der Waals surface area contributed by atoms with Gasteiger partial charge in [-0.05, 0) is 24.7 Å². The highest BCUT2D eigenvalue weighted by atomic mass is 35.5. The van der Waals surface area contributed by atoms with E-state index in [1.54, 1.807) is 0 Å². The van der Waals surface area contributed by atoms with Crippen LogP contribution < -0.4 is 10.6 Å². The van der Waals surface area contributed by atoms with Crippen molar-refractivity contribution in [2.24, 2.45) is 11.8 Å². The largest absolute Gasteiger partial charge is 0.378 e. The van der Waals surface area contributed by atoms with Crippen molar-refractivity contribution in [2.45, 2.75) is 58.0 Å². The summed E-state index contributed by atoms with van der Waals surface area (Å²) in [4.78, 5) is 12.0. The molecule has 2 aliphatic rings. The number of hydrogen-bond acceptors (Lipinski definition) is 3. The lowest BCUT2D eigenvalue weighted by atomic mass is 9.79. The van der Waals surface area contributed by atoms with Gasteiger partial charge in [0, 0.05) is 25.0 Å². The molecule has 3 unspecified atom stereocenters. The Labute approximate surface area is 128 Å². The summed E-state index contributed by atoms with van der Waals surface area (Å²) in [5.41, 5.74) is 0. The maximum Gasteiger partial charge on any atom is 0.221 e. The molecule has 0 aromatic carbocycles. The Bertz CT molecular complexity index is 294. The topological polar surface area (TPSA) is 50.4 Å². The summed E-state index contributed by atoms with van der Waals surface area (Å²) in [5, 5.41) is 6.54. The van der Waals surface area contributed by atoms with E-state index in [9.17, 15) is 4.79 Å². The number of hydrogen-bond donors (Lipinski definition) is 2. The summed E-state index contributed by atoms with van der Waals surface area (Å²) in [6.07, 6.45) is 5.41. The fourth-order valence-corrected chi connectivity index (χ4v) is 3.23. The van der Waals surface area contributed by atoms with Crippen molar-refractivity contribution in [3.8, 4) is 0 Å². The van der Waals surface area contributed by atoms with Gasteiger partial charge in [0.25, 0.3) is 0 Å². The zero-order chi connectivity index (χ0) is 13.7. The molecule has 0 bridgehead atoms. The number of nitrogens with one attached hydrogen (secondary N) is 2. The van der Waals surface area contributed by atoms with Gasteiger partial charge in [-0.1, -0.05) is 26.7 Å². The average molecular weight is 305 g/mol. The summed E-state index contributed by atoms with van der Waals surface area (Å²) in [5.74, 6) is 1.68. The van der Waals surface area contributed by atoms with Gasteiger partial charge in [0.05, 0.1) is 13.2 Å². The second kappa shape index (κ2) is 8.85. The summed E-state index contributed by atoms with van der Waals surface area (Å²) >= 11 is 0. The van der Waals surface area contributed by atoms with Crippen LogP contribution in [0.1, 0.15) is 46.0 Å². The molecular weight excluding hydrogens is 276 g/mol. The number of halogens is 1. The average Bonchev–Trinajstić information content (AvgIpc) is 2.40. The quantitative estimate of drug-likeness (QED) is 0.836. The molecule has 0 aromatic heterocycles. The van der Waals surface area contributed by atoms with Crippen molar-refractivity contribution in [2.75, 3.05) is 19.8 Å². The first-order valence-corrected chi connectivity index (χ1v) is 7.75. The van der Waals surface area contributed by atoms with Gasteiger partial charge in [0.1, 0.15) is 0 Å². The van der Waals surface area contributed by atoms with Gasteiger partial charge < -0.3 is 15.4 Å². The lowest BCUT2D eigenvalue weighted by Gasteiger charge is -2.32. The molecule has 2 rings (SSSR count). The summed E-state index contributed by atoms with van der Waals surface area (Å²) in [6, 6.07) is 0.580. The Morgan fingerprint density at radius 2 is 2.20 bits per heavy atom. The van der Waals surface area contributed by atoms with E-state index < -0.39 is 0 Å². The predicted octanol–water partition coefficient (Wildman–Crippen LogP) is 2.12. The van der Waals surface area contributed by atoms with Crippen LogP contribution in [0.5, 0.6) is 0 Å². The van der Waals surface area contributed by atoms with Crippen LogP contribution in [0.25, 0.3) is 0 Å². The van der Waals surface area contributed by atoms with E-state index in [0.717, 1.165) is 37.8 Å². The monoisotopic (exact) mass is 304 g/mol. The molecule has 1 amide bonds. The number of carbonyl (C=O) groups excluding carboxylic acids is 1. The third-order valence-corrected chi connectivity index (χ3v) is 4.45. The van der Waals surface area contributed by atoms with E-state index >= 15 is 0 Å². The third kappa shape index (κ3) is 5.58. The molecule has 3 atom stereocenters. The fraction of sp³-hybridized carbons (Fsp3) is 0.933. The van der Waals surface area contributed by atoms with E-state index in [-0.39, 0.29) is 24.4 Å². The van der Waals surface area contributed by atoms with Gasteiger partial charge in [0.2, 0.25) is 5.91 Å². The zero-order valence-electron chi connectivity index (χ0n) is 12.7. The number of amides is 1. The van der Waals surface area contributed by atoms with Crippen LogP contribution in [0.4, 0.5) is 0 Å². The minimum absolute atomic E-state index is 0. The molecule has 1 aliphatic heterocycles. The molecule has 1 heterocycles. The number of rotatable bonds is 4. The van der Waals surface area contributed by atoms with E-state index in [4.69, 9.17) is 4.74 Å². The Hall–Kier alpha value is -0.320. The van der Waals surface area contributed by atoms with Crippen LogP contribution in [0.3, 0.4) is 0 Å². The molecule has 2 N–H and O–H groups in total. The van der Waals surface area contributed by atoms with Crippen LogP contribution in [-0.4, -0.2) is 37.7 Å². The second-order valence-corrected chi connectivity index (χ2v) is 6.37. The third-order valence-electron chi connectivity index (χ3n) is 4.45. The summed E-state index contributed by atoms with van der Waals surface area (Å²) in [7, 11) is 0. The first-order chi connectivity index (χ1) is 9.15. The van der Waals surface area contributed by atoms with Gasteiger partial charge >= 0.3 is 0 Å². The van der Waals surface area contributed by atoms with Gasteiger partial charge in [-0.15, -0.1) is 12.4 Å². The van der Waals surface area contributed by atoms with Crippen LogP contribution in [0.15, 0.2) is 0 Å². The first-order valence-electron chi connectivity index (χ1n) is 7.75. The van der Waals surface area contributed by atoms with E-state index in [1.165, 1.54) is 12.8 Å². The van der Waals surface area contributed by atoms with Crippen LogP contribution in [0.2, 0.25) is 0 Å². The molecule has 2 fully saturated rings. The molecule has 20 heavy (non-hydrogen) atoms. The number of morpholine rings is 1. The standard InChI is InChI=1S/C15H28N2O2.ClH/c1-11(2)12-4-3-5-13(8-12)17-15(18)9-14-10-19-7-6-16-14;/h11-14,16H,3-10H2,1-2H3,(H,17,18);1H. The maximum atomic E-state index is 12.0. The van der Waals surface area contributed by atoms with Gasteiger partial charge in [-0.3, -0.25) is 4.79 Å². The number of carbonyl (C=O) groups is 1. The predicted molar refractivity (Wildman–Crippen MR) is 83.2 cm³/mol. The van der Waals surface area contributed by atoms with Crippen molar-refractivity contribution in [1.29, 1.82) is 0 Å². The molecule has 0 aromatic rings.